The summed E-state index contributed by atoms with van der Waals surface area (Å²) < 4.78 is 0. The van der Waals surface area contributed by atoms with Gasteiger partial charge in [-0.05, 0) is 36.6 Å². The molecule has 0 saturated heterocycles. The Kier molecular flexibility index (Phi) is 3.31. The molecule has 0 fully saturated rings. The first-order valence-corrected chi connectivity index (χ1v) is 6.14. The number of aromatic nitrogens is 1. The number of benzene rings is 1. The SMILES string of the molecule is CSc1cccc(Nc2cccc(N)n2)c1. The summed E-state index contributed by atoms with van der Waals surface area (Å²) in [6, 6.07) is 13.7. The van der Waals surface area contributed by atoms with Crippen molar-refractivity contribution >= 4 is 29.1 Å². The molecule has 0 bridgehead atoms. The average molecular weight is 231 g/mol. The van der Waals surface area contributed by atoms with E-state index in [1.165, 1.54) is 4.90 Å². The number of thioether (sulfide) groups is 1. The standard InChI is InChI=1S/C12H13N3S/c1-16-10-5-2-4-9(8-10)14-12-7-3-6-11(13)15-12/h2-8H,1H3,(H3,13,14,15). The van der Waals surface area contributed by atoms with E-state index < -0.39 is 0 Å². The summed E-state index contributed by atoms with van der Waals surface area (Å²) in [5.74, 6) is 1.28. The lowest BCUT2D eigenvalue weighted by Crippen LogP contribution is -1.96. The van der Waals surface area contributed by atoms with E-state index in [9.17, 15) is 0 Å². The number of hydrogen-bond donors (Lipinski definition) is 2. The van der Waals surface area contributed by atoms with Crippen LogP contribution in [0.3, 0.4) is 0 Å². The Morgan fingerprint density at radius 2 is 2.00 bits per heavy atom. The molecule has 1 heterocycles. The zero-order valence-electron chi connectivity index (χ0n) is 8.97. The van der Waals surface area contributed by atoms with E-state index in [1.807, 2.05) is 24.3 Å². The highest BCUT2D eigenvalue weighted by Crippen LogP contribution is 2.21. The van der Waals surface area contributed by atoms with Crippen LogP contribution in [0.1, 0.15) is 0 Å². The van der Waals surface area contributed by atoms with Gasteiger partial charge in [0.2, 0.25) is 0 Å². The van der Waals surface area contributed by atoms with Crippen LogP contribution in [0, 0.1) is 0 Å². The lowest BCUT2D eigenvalue weighted by molar-refractivity contribution is 1.31. The van der Waals surface area contributed by atoms with E-state index >= 15 is 0 Å². The molecule has 3 nitrogen and oxygen atoms in total. The fourth-order valence-electron chi connectivity index (χ4n) is 1.37. The van der Waals surface area contributed by atoms with Gasteiger partial charge in [0.15, 0.2) is 0 Å². The molecule has 3 N–H and O–H groups in total. The lowest BCUT2D eigenvalue weighted by atomic mass is 10.3. The molecule has 0 aliphatic carbocycles. The Labute approximate surface area is 99.1 Å². The molecule has 0 radical (unpaired) electrons. The maximum atomic E-state index is 5.61. The Balaban J connectivity index is 2.20. The largest absolute Gasteiger partial charge is 0.384 e. The third kappa shape index (κ3) is 2.67. The maximum Gasteiger partial charge on any atom is 0.132 e. The van der Waals surface area contributed by atoms with Gasteiger partial charge in [0.25, 0.3) is 0 Å². The van der Waals surface area contributed by atoms with Gasteiger partial charge < -0.3 is 11.1 Å². The molecule has 16 heavy (non-hydrogen) atoms. The van der Waals surface area contributed by atoms with Crippen molar-refractivity contribution in [2.75, 3.05) is 17.3 Å². The first-order valence-electron chi connectivity index (χ1n) is 4.91. The Morgan fingerprint density at radius 1 is 1.19 bits per heavy atom. The quantitative estimate of drug-likeness (QED) is 0.797. The number of rotatable bonds is 3. The molecular weight excluding hydrogens is 218 g/mol. The molecular formula is C12H13N3S. The van der Waals surface area contributed by atoms with Gasteiger partial charge in [-0.25, -0.2) is 4.98 Å². The zero-order valence-corrected chi connectivity index (χ0v) is 9.79. The van der Waals surface area contributed by atoms with Crippen LogP contribution in [0.25, 0.3) is 0 Å². The number of nitrogens with one attached hydrogen (secondary N) is 1. The molecule has 82 valence electrons. The van der Waals surface area contributed by atoms with Gasteiger partial charge in [-0.15, -0.1) is 11.8 Å². The molecule has 0 saturated carbocycles. The predicted octanol–water partition coefficient (Wildman–Crippen LogP) is 3.13. The third-order valence-corrected chi connectivity index (χ3v) is 2.84. The summed E-state index contributed by atoms with van der Waals surface area (Å²) in [6.45, 7) is 0. The molecule has 0 aliphatic heterocycles. The smallest absolute Gasteiger partial charge is 0.132 e. The van der Waals surface area contributed by atoms with Crippen molar-refractivity contribution in [3.8, 4) is 0 Å². The van der Waals surface area contributed by atoms with Gasteiger partial charge >= 0.3 is 0 Å². The van der Waals surface area contributed by atoms with E-state index in [1.54, 1.807) is 17.8 Å². The number of nitrogens with two attached hydrogens (primary N) is 1. The van der Waals surface area contributed by atoms with E-state index in [0.717, 1.165) is 11.5 Å². The average Bonchev–Trinajstić information content (AvgIpc) is 2.29. The normalized spacial score (nSPS) is 10.1. The monoisotopic (exact) mass is 231 g/mol. The van der Waals surface area contributed by atoms with Gasteiger partial charge in [-0.3, -0.25) is 0 Å². The molecule has 2 aromatic rings. The summed E-state index contributed by atoms with van der Waals surface area (Å²) >= 11 is 1.71. The number of anilines is 3. The fraction of sp³-hybridized carbons (Fsp3) is 0.0833. The van der Waals surface area contributed by atoms with E-state index in [0.29, 0.717) is 5.82 Å². The number of nitrogen functional groups attached to an aromatic ring is 1. The zero-order chi connectivity index (χ0) is 11.4. The van der Waals surface area contributed by atoms with Crippen molar-refractivity contribution in [1.82, 2.24) is 4.98 Å². The highest BCUT2D eigenvalue weighted by Gasteiger charge is 1.97. The lowest BCUT2D eigenvalue weighted by Gasteiger charge is -2.06. The van der Waals surface area contributed by atoms with Crippen LogP contribution in [0.5, 0.6) is 0 Å². The van der Waals surface area contributed by atoms with Crippen molar-refractivity contribution in [2.24, 2.45) is 0 Å². The molecule has 0 amide bonds. The second-order valence-corrected chi connectivity index (χ2v) is 4.18. The highest BCUT2D eigenvalue weighted by molar-refractivity contribution is 7.98. The number of nitrogens with zero attached hydrogens (tertiary/aromatic N) is 1. The van der Waals surface area contributed by atoms with Crippen molar-refractivity contribution < 1.29 is 0 Å². The van der Waals surface area contributed by atoms with Gasteiger partial charge in [-0.1, -0.05) is 12.1 Å². The molecule has 0 unspecified atom stereocenters. The molecule has 0 atom stereocenters. The van der Waals surface area contributed by atoms with E-state index in [4.69, 9.17) is 5.73 Å². The number of pyridine rings is 1. The van der Waals surface area contributed by atoms with E-state index in [-0.39, 0.29) is 0 Å². The van der Waals surface area contributed by atoms with Crippen molar-refractivity contribution in [2.45, 2.75) is 4.90 Å². The van der Waals surface area contributed by atoms with Crippen LogP contribution in [-0.2, 0) is 0 Å². The first-order chi connectivity index (χ1) is 7.78. The van der Waals surface area contributed by atoms with Crippen LogP contribution < -0.4 is 11.1 Å². The van der Waals surface area contributed by atoms with Crippen LogP contribution in [0.15, 0.2) is 47.4 Å². The van der Waals surface area contributed by atoms with Crippen LogP contribution >= 0.6 is 11.8 Å². The summed E-state index contributed by atoms with van der Waals surface area (Å²) in [6.07, 6.45) is 2.05. The molecule has 1 aromatic heterocycles. The minimum absolute atomic E-state index is 0.519. The molecule has 1 aromatic carbocycles. The topological polar surface area (TPSA) is 50.9 Å². The van der Waals surface area contributed by atoms with Gasteiger partial charge in [-0.2, -0.15) is 0 Å². The van der Waals surface area contributed by atoms with E-state index in [2.05, 4.69) is 28.7 Å². The second-order valence-electron chi connectivity index (χ2n) is 3.30. The van der Waals surface area contributed by atoms with Crippen molar-refractivity contribution in [3.05, 3.63) is 42.5 Å². The van der Waals surface area contributed by atoms with Crippen LogP contribution in [0.4, 0.5) is 17.3 Å². The van der Waals surface area contributed by atoms with Crippen LogP contribution in [0.2, 0.25) is 0 Å². The maximum absolute atomic E-state index is 5.61. The van der Waals surface area contributed by atoms with Crippen molar-refractivity contribution in [1.29, 1.82) is 0 Å². The summed E-state index contributed by atoms with van der Waals surface area (Å²) in [5, 5.41) is 3.22. The Hall–Kier alpha value is -1.68. The first kappa shape index (κ1) is 10.8. The summed E-state index contributed by atoms with van der Waals surface area (Å²) in [5.41, 5.74) is 6.63. The number of hydrogen-bond acceptors (Lipinski definition) is 4. The van der Waals surface area contributed by atoms with Gasteiger partial charge in [0, 0.05) is 10.6 Å². The molecule has 0 aliphatic rings. The van der Waals surface area contributed by atoms with Gasteiger partial charge in [0.05, 0.1) is 0 Å². The minimum atomic E-state index is 0.519. The Morgan fingerprint density at radius 3 is 2.75 bits per heavy atom. The van der Waals surface area contributed by atoms with Gasteiger partial charge in [0.1, 0.15) is 11.6 Å². The predicted molar refractivity (Wildman–Crippen MR) is 70.2 cm³/mol. The minimum Gasteiger partial charge on any atom is -0.384 e. The fourth-order valence-corrected chi connectivity index (χ4v) is 1.83. The van der Waals surface area contributed by atoms with Crippen molar-refractivity contribution in [3.63, 3.8) is 0 Å². The molecule has 4 heteroatoms. The highest BCUT2D eigenvalue weighted by atomic mass is 32.2. The second kappa shape index (κ2) is 4.90. The molecule has 0 spiro atoms. The summed E-state index contributed by atoms with van der Waals surface area (Å²) in [7, 11) is 0. The summed E-state index contributed by atoms with van der Waals surface area (Å²) in [4.78, 5) is 5.40. The Bertz CT molecular complexity index is 485. The van der Waals surface area contributed by atoms with Crippen LogP contribution in [-0.4, -0.2) is 11.2 Å². The molecule has 2 rings (SSSR count). The third-order valence-electron chi connectivity index (χ3n) is 2.11.